The summed E-state index contributed by atoms with van der Waals surface area (Å²) in [5, 5.41) is 10.4. The van der Waals surface area contributed by atoms with E-state index in [9.17, 15) is 4.79 Å². The predicted molar refractivity (Wildman–Crippen MR) is 101 cm³/mol. The minimum Gasteiger partial charge on any atom is -0.496 e. The molecule has 0 spiro atoms. The second-order valence-corrected chi connectivity index (χ2v) is 5.79. The van der Waals surface area contributed by atoms with Gasteiger partial charge in [-0.05, 0) is 42.8 Å². The fourth-order valence-corrected chi connectivity index (χ4v) is 2.41. The van der Waals surface area contributed by atoms with Crippen molar-refractivity contribution in [3.63, 3.8) is 0 Å². The van der Waals surface area contributed by atoms with Crippen molar-refractivity contribution in [1.82, 2.24) is 10.2 Å². The van der Waals surface area contributed by atoms with Crippen molar-refractivity contribution in [3.8, 4) is 23.0 Å². The Kier molecular flexibility index (Phi) is 6.04. The van der Waals surface area contributed by atoms with E-state index in [1.165, 1.54) is 0 Å². The van der Waals surface area contributed by atoms with Crippen LogP contribution in [0.5, 0.6) is 11.5 Å². The Morgan fingerprint density at radius 3 is 2.63 bits per heavy atom. The average Bonchev–Trinajstić information content (AvgIpc) is 3.17. The summed E-state index contributed by atoms with van der Waals surface area (Å²) in [7, 11) is 1.56. The van der Waals surface area contributed by atoms with Crippen LogP contribution >= 0.6 is 0 Å². The lowest BCUT2D eigenvalue weighted by molar-refractivity contribution is 0.102. The van der Waals surface area contributed by atoms with Gasteiger partial charge in [0.05, 0.1) is 19.3 Å². The highest BCUT2D eigenvalue weighted by atomic mass is 16.5. The standard InChI is InChI=1S/C20H21N3O4/c1-3-4-13-26-15-11-9-14(10-12-15)18(24)21-20-23-22-19(27-20)16-7-5-6-8-17(16)25-2/h5-12H,3-4,13H2,1-2H3,(H,21,23,24). The van der Waals surface area contributed by atoms with Crippen molar-refractivity contribution in [1.29, 1.82) is 0 Å². The maximum atomic E-state index is 12.4. The van der Waals surface area contributed by atoms with Crippen molar-refractivity contribution in [2.45, 2.75) is 19.8 Å². The van der Waals surface area contributed by atoms with Crippen molar-refractivity contribution in [2.75, 3.05) is 19.0 Å². The van der Waals surface area contributed by atoms with Gasteiger partial charge >= 0.3 is 6.01 Å². The van der Waals surface area contributed by atoms with Crippen molar-refractivity contribution in [3.05, 3.63) is 54.1 Å². The number of unbranched alkanes of at least 4 members (excludes halogenated alkanes) is 1. The molecule has 2 aromatic carbocycles. The van der Waals surface area contributed by atoms with E-state index >= 15 is 0 Å². The molecule has 1 N–H and O–H groups in total. The van der Waals surface area contributed by atoms with Gasteiger partial charge < -0.3 is 13.9 Å². The molecular weight excluding hydrogens is 346 g/mol. The van der Waals surface area contributed by atoms with E-state index in [1.807, 2.05) is 12.1 Å². The number of ether oxygens (including phenoxy) is 2. The summed E-state index contributed by atoms with van der Waals surface area (Å²) >= 11 is 0. The number of carbonyl (C=O) groups excluding carboxylic acids is 1. The number of hydrogen-bond donors (Lipinski definition) is 1. The van der Waals surface area contributed by atoms with Crippen LogP contribution in [0.25, 0.3) is 11.5 Å². The maximum Gasteiger partial charge on any atom is 0.322 e. The van der Waals surface area contributed by atoms with Crippen LogP contribution in [0.4, 0.5) is 6.01 Å². The van der Waals surface area contributed by atoms with Crippen LogP contribution in [0.15, 0.2) is 52.9 Å². The Morgan fingerprint density at radius 2 is 1.89 bits per heavy atom. The van der Waals surface area contributed by atoms with Crippen LogP contribution in [0.2, 0.25) is 0 Å². The number of para-hydroxylation sites is 1. The first-order chi connectivity index (χ1) is 13.2. The monoisotopic (exact) mass is 367 g/mol. The minimum atomic E-state index is -0.342. The molecule has 0 aliphatic heterocycles. The number of amides is 1. The number of nitrogens with zero attached hydrogens (tertiary/aromatic N) is 2. The lowest BCUT2D eigenvalue weighted by Gasteiger charge is -2.06. The molecule has 0 unspecified atom stereocenters. The normalized spacial score (nSPS) is 10.4. The summed E-state index contributed by atoms with van der Waals surface area (Å²) in [5.41, 5.74) is 1.12. The third-order valence-corrected chi connectivity index (χ3v) is 3.87. The highest BCUT2D eigenvalue weighted by molar-refractivity contribution is 6.03. The second kappa shape index (κ2) is 8.84. The number of hydrogen-bond acceptors (Lipinski definition) is 6. The molecule has 27 heavy (non-hydrogen) atoms. The molecule has 0 aliphatic rings. The number of benzene rings is 2. The van der Waals surface area contributed by atoms with Gasteiger partial charge in [0.1, 0.15) is 11.5 Å². The number of nitrogens with one attached hydrogen (secondary N) is 1. The van der Waals surface area contributed by atoms with Gasteiger partial charge in [-0.15, -0.1) is 5.10 Å². The average molecular weight is 367 g/mol. The van der Waals surface area contributed by atoms with Crippen LogP contribution in [0.1, 0.15) is 30.1 Å². The molecule has 0 bridgehead atoms. The van der Waals surface area contributed by atoms with E-state index in [0.29, 0.717) is 23.5 Å². The molecule has 0 saturated heterocycles. The Morgan fingerprint density at radius 1 is 1.11 bits per heavy atom. The third kappa shape index (κ3) is 4.63. The van der Waals surface area contributed by atoms with Crippen molar-refractivity contribution in [2.24, 2.45) is 0 Å². The molecule has 7 nitrogen and oxygen atoms in total. The number of methoxy groups -OCH3 is 1. The largest absolute Gasteiger partial charge is 0.496 e. The fourth-order valence-electron chi connectivity index (χ4n) is 2.41. The first-order valence-corrected chi connectivity index (χ1v) is 8.72. The topological polar surface area (TPSA) is 86.5 Å². The molecule has 3 aromatic rings. The first-order valence-electron chi connectivity index (χ1n) is 8.72. The van der Waals surface area contributed by atoms with Crippen molar-refractivity contribution < 1.29 is 18.7 Å². The Hall–Kier alpha value is -3.35. The first kappa shape index (κ1) is 18.4. The zero-order valence-electron chi connectivity index (χ0n) is 15.3. The van der Waals surface area contributed by atoms with Crippen molar-refractivity contribution >= 4 is 11.9 Å². The number of anilines is 1. The summed E-state index contributed by atoms with van der Waals surface area (Å²) in [6.07, 6.45) is 2.06. The smallest absolute Gasteiger partial charge is 0.322 e. The minimum absolute atomic E-state index is 0.0178. The molecule has 3 rings (SSSR count). The van der Waals surface area contributed by atoms with Gasteiger partial charge in [0.2, 0.25) is 0 Å². The van der Waals surface area contributed by atoms with E-state index in [-0.39, 0.29) is 17.8 Å². The predicted octanol–water partition coefficient (Wildman–Crippen LogP) is 4.18. The lowest BCUT2D eigenvalue weighted by Crippen LogP contribution is -2.12. The van der Waals surface area contributed by atoms with Crippen LogP contribution in [0, 0.1) is 0 Å². The summed E-state index contributed by atoms with van der Waals surface area (Å²) in [6.45, 7) is 2.77. The molecule has 140 valence electrons. The van der Waals surface area contributed by atoms with Gasteiger partial charge in [0, 0.05) is 5.56 Å². The molecule has 0 atom stereocenters. The number of aromatic nitrogens is 2. The van der Waals surface area contributed by atoms with E-state index in [2.05, 4.69) is 22.4 Å². The van der Waals surface area contributed by atoms with Crippen LogP contribution in [-0.2, 0) is 0 Å². The summed E-state index contributed by atoms with van der Waals surface area (Å²) in [5.74, 6) is 1.27. The number of carbonyl (C=O) groups is 1. The lowest BCUT2D eigenvalue weighted by atomic mass is 10.2. The SMILES string of the molecule is CCCCOc1ccc(C(=O)Nc2nnc(-c3ccccc3OC)o2)cc1. The zero-order chi connectivity index (χ0) is 19.1. The molecule has 1 heterocycles. The highest BCUT2D eigenvalue weighted by Gasteiger charge is 2.15. The fraction of sp³-hybridized carbons (Fsp3) is 0.250. The van der Waals surface area contributed by atoms with E-state index in [0.717, 1.165) is 18.6 Å². The molecular formula is C20H21N3O4. The summed E-state index contributed by atoms with van der Waals surface area (Å²) in [4.78, 5) is 12.4. The molecule has 0 fully saturated rings. The highest BCUT2D eigenvalue weighted by Crippen LogP contribution is 2.29. The van der Waals surface area contributed by atoms with Gasteiger partial charge in [-0.25, -0.2) is 0 Å². The number of rotatable bonds is 8. The zero-order valence-corrected chi connectivity index (χ0v) is 15.3. The quantitative estimate of drug-likeness (QED) is 0.601. The third-order valence-electron chi connectivity index (χ3n) is 3.87. The summed E-state index contributed by atoms with van der Waals surface area (Å²) in [6, 6.07) is 14.2. The Labute approximate surface area is 157 Å². The van der Waals surface area contributed by atoms with Gasteiger partial charge in [0.15, 0.2) is 0 Å². The van der Waals surface area contributed by atoms with Gasteiger partial charge in [-0.3, -0.25) is 10.1 Å². The molecule has 7 heteroatoms. The van der Waals surface area contributed by atoms with Crippen LogP contribution in [0.3, 0.4) is 0 Å². The van der Waals surface area contributed by atoms with Gasteiger partial charge in [0.25, 0.3) is 11.8 Å². The Bertz CT molecular complexity index is 890. The molecule has 1 aromatic heterocycles. The van der Waals surface area contributed by atoms with Gasteiger partial charge in [-0.1, -0.05) is 30.6 Å². The maximum absolute atomic E-state index is 12.4. The van der Waals surface area contributed by atoms with E-state index < -0.39 is 0 Å². The van der Waals surface area contributed by atoms with Crippen LogP contribution < -0.4 is 14.8 Å². The Balaban J connectivity index is 1.65. The van der Waals surface area contributed by atoms with Crippen LogP contribution in [-0.4, -0.2) is 29.8 Å². The summed E-state index contributed by atoms with van der Waals surface area (Å²) < 4.78 is 16.4. The van der Waals surface area contributed by atoms with Gasteiger partial charge in [-0.2, -0.15) is 0 Å². The molecule has 1 amide bonds. The van der Waals surface area contributed by atoms with E-state index in [1.54, 1.807) is 43.5 Å². The molecule has 0 radical (unpaired) electrons. The molecule has 0 aliphatic carbocycles. The van der Waals surface area contributed by atoms with E-state index in [4.69, 9.17) is 13.9 Å². The molecule has 0 saturated carbocycles. The second-order valence-electron chi connectivity index (χ2n) is 5.79.